The standard InChI is InChI=1S/C16H19N5O3/c1-3-24-16(23)20-5-4-12-11(8-20)6-18-7-13(12)15(22)21-9-14(17)10(2)19-21/h6-7,9H,3-5,8,17H2,1-2H3. The maximum absolute atomic E-state index is 12.7. The molecule has 8 nitrogen and oxygen atoms in total. The molecule has 2 N–H and O–H groups in total. The zero-order valence-electron chi connectivity index (χ0n) is 13.7. The number of anilines is 1. The van der Waals surface area contributed by atoms with E-state index in [1.807, 2.05) is 0 Å². The number of pyridine rings is 1. The molecule has 2 aromatic rings. The molecule has 0 bridgehead atoms. The number of hydrogen-bond acceptors (Lipinski definition) is 6. The first-order chi connectivity index (χ1) is 11.5. The highest BCUT2D eigenvalue weighted by Crippen LogP contribution is 2.23. The van der Waals surface area contributed by atoms with E-state index < -0.39 is 0 Å². The average Bonchev–Trinajstić information content (AvgIpc) is 2.92. The lowest BCUT2D eigenvalue weighted by Gasteiger charge is -2.28. The SMILES string of the molecule is CCOC(=O)N1CCc2c(cncc2C(=O)n2cc(N)c(C)n2)C1. The third-order valence-electron chi connectivity index (χ3n) is 4.04. The summed E-state index contributed by atoms with van der Waals surface area (Å²) >= 11 is 0. The summed E-state index contributed by atoms with van der Waals surface area (Å²) in [5, 5.41) is 4.13. The minimum Gasteiger partial charge on any atom is -0.450 e. The van der Waals surface area contributed by atoms with Crippen molar-refractivity contribution in [2.24, 2.45) is 0 Å². The summed E-state index contributed by atoms with van der Waals surface area (Å²) in [6.07, 6.45) is 4.93. The lowest BCUT2D eigenvalue weighted by molar-refractivity contribution is 0.0941. The van der Waals surface area contributed by atoms with E-state index >= 15 is 0 Å². The molecule has 1 amide bonds. The Morgan fingerprint density at radius 1 is 1.38 bits per heavy atom. The Labute approximate surface area is 139 Å². The fraction of sp³-hybridized carbons (Fsp3) is 0.375. The van der Waals surface area contributed by atoms with Gasteiger partial charge < -0.3 is 15.4 Å². The van der Waals surface area contributed by atoms with E-state index in [1.165, 1.54) is 17.1 Å². The number of nitrogens with two attached hydrogens (primary N) is 1. The third-order valence-corrected chi connectivity index (χ3v) is 4.04. The molecule has 1 aliphatic heterocycles. The van der Waals surface area contributed by atoms with Crippen molar-refractivity contribution in [3.8, 4) is 0 Å². The van der Waals surface area contributed by atoms with Gasteiger partial charge in [-0.25, -0.2) is 9.48 Å². The Hall–Kier alpha value is -2.90. The maximum atomic E-state index is 12.7. The molecule has 0 unspecified atom stereocenters. The van der Waals surface area contributed by atoms with Gasteiger partial charge in [-0.05, 0) is 31.4 Å². The van der Waals surface area contributed by atoms with Crippen LogP contribution in [0.25, 0.3) is 0 Å². The Balaban J connectivity index is 1.89. The van der Waals surface area contributed by atoms with Crippen LogP contribution in [0.3, 0.4) is 0 Å². The summed E-state index contributed by atoms with van der Waals surface area (Å²) in [7, 11) is 0. The molecule has 0 aromatic carbocycles. The van der Waals surface area contributed by atoms with Crippen LogP contribution in [0, 0.1) is 6.92 Å². The van der Waals surface area contributed by atoms with Gasteiger partial charge in [-0.2, -0.15) is 5.10 Å². The fourth-order valence-electron chi connectivity index (χ4n) is 2.75. The second-order valence-electron chi connectivity index (χ2n) is 5.61. The van der Waals surface area contributed by atoms with Crippen LogP contribution in [-0.2, 0) is 17.7 Å². The van der Waals surface area contributed by atoms with Crippen LogP contribution in [0.4, 0.5) is 10.5 Å². The number of hydrogen-bond donors (Lipinski definition) is 1. The summed E-state index contributed by atoms with van der Waals surface area (Å²) in [4.78, 5) is 30.3. The topological polar surface area (TPSA) is 103 Å². The molecule has 2 aromatic heterocycles. The van der Waals surface area contributed by atoms with Crippen LogP contribution in [-0.4, -0.2) is 44.8 Å². The molecule has 0 fully saturated rings. The molecule has 24 heavy (non-hydrogen) atoms. The highest BCUT2D eigenvalue weighted by molar-refractivity contribution is 5.97. The molecule has 126 valence electrons. The van der Waals surface area contributed by atoms with Crippen molar-refractivity contribution < 1.29 is 14.3 Å². The number of rotatable bonds is 2. The average molecular weight is 329 g/mol. The molecule has 3 rings (SSSR count). The van der Waals surface area contributed by atoms with Crippen LogP contribution in [0.15, 0.2) is 18.6 Å². The van der Waals surface area contributed by atoms with Crippen LogP contribution < -0.4 is 5.73 Å². The molecule has 1 aliphatic rings. The van der Waals surface area contributed by atoms with Gasteiger partial charge in [0, 0.05) is 18.9 Å². The van der Waals surface area contributed by atoms with Crippen molar-refractivity contribution in [3.63, 3.8) is 0 Å². The highest BCUT2D eigenvalue weighted by Gasteiger charge is 2.26. The number of nitrogens with zero attached hydrogens (tertiary/aromatic N) is 4. The monoisotopic (exact) mass is 329 g/mol. The number of amides is 1. The van der Waals surface area contributed by atoms with Crippen molar-refractivity contribution in [1.82, 2.24) is 19.7 Å². The zero-order chi connectivity index (χ0) is 17.3. The number of ether oxygens (including phenoxy) is 1. The normalized spacial score (nSPS) is 13.5. The van der Waals surface area contributed by atoms with E-state index in [4.69, 9.17) is 10.5 Å². The quantitative estimate of drug-likeness (QED) is 0.892. The molecular formula is C16H19N5O3. The molecule has 3 heterocycles. The summed E-state index contributed by atoms with van der Waals surface area (Å²) in [5.74, 6) is -0.274. The largest absolute Gasteiger partial charge is 0.450 e. The number of fused-ring (bicyclic) bond motifs is 1. The van der Waals surface area contributed by atoms with E-state index in [0.717, 1.165) is 11.1 Å². The van der Waals surface area contributed by atoms with Crippen LogP contribution >= 0.6 is 0 Å². The predicted molar refractivity (Wildman–Crippen MR) is 86.5 cm³/mol. The van der Waals surface area contributed by atoms with Gasteiger partial charge in [-0.3, -0.25) is 9.78 Å². The lowest BCUT2D eigenvalue weighted by Crippen LogP contribution is -2.37. The molecule has 0 aliphatic carbocycles. The summed E-state index contributed by atoms with van der Waals surface area (Å²) in [6.45, 7) is 4.72. The minimum atomic E-state index is -0.352. The zero-order valence-corrected chi connectivity index (χ0v) is 13.7. The van der Waals surface area contributed by atoms with Crippen LogP contribution in [0.5, 0.6) is 0 Å². The van der Waals surface area contributed by atoms with Gasteiger partial charge in [0.25, 0.3) is 5.91 Å². The van der Waals surface area contributed by atoms with E-state index in [2.05, 4.69) is 10.1 Å². The number of aryl methyl sites for hydroxylation is 1. The Morgan fingerprint density at radius 3 is 2.83 bits per heavy atom. The number of carbonyl (C=O) groups excluding carboxylic acids is 2. The van der Waals surface area contributed by atoms with Crippen molar-refractivity contribution >= 4 is 17.7 Å². The van der Waals surface area contributed by atoms with E-state index in [0.29, 0.717) is 43.1 Å². The summed E-state index contributed by atoms with van der Waals surface area (Å²) in [6, 6.07) is 0. The summed E-state index contributed by atoms with van der Waals surface area (Å²) < 4.78 is 6.27. The van der Waals surface area contributed by atoms with E-state index in [9.17, 15) is 9.59 Å². The van der Waals surface area contributed by atoms with Gasteiger partial charge in [0.15, 0.2) is 0 Å². The highest BCUT2D eigenvalue weighted by atomic mass is 16.6. The molecule has 0 saturated carbocycles. The van der Waals surface area contributed by atoms with E-state index in [-0.39, 0.29) is 12.0 Å². The Kier molecular flexibility index (Phi) is 4.20. The van der Waals surface area contributed by atoms with Crippen molar-refractivity contribution in [1.29, 1.82) is 0 Å². The van der Waals surface area contributed by atoms with Gasteiger partial charge in [0.1, 0.15) is 0 Å². The molecular weight excluding hydrogens is 310 g/mol. The summed E-state index contributed by atoms with van der Waals surface area (Å²) in [5.41, 5.74) is 9.06. The van der Waals surface area contributed by atoms with Gasteiger partial charge in [-0.1, -0.05) is 0 Å². The second kappa shape index (κ2) is 6.31. The molecule has 0 atom stereocenters. The fourth-order valence-corrected chi connectivity index (χ4v) is 2.75. The number of carbonyl (C=O) groups is 2. The molecule has 0 spiro atoms. The predicted octanol–water partition coefficient (Wildman–Crippen LogP) is 1.37. The number of nitrogen functional groups attached to an aromatic ring is 1. The Morgan fingerprint density at radius 2 is 2.17 bits per heavy atom. The van der Waals surface area contributed by atoms with Crippen LogP contribution in [0.2, 0.25) is 0 Å². The van der Waals surface area contributed by atoms with Gasteiger partial charge in [-0.15, -0.1) is 0 Å². The smallest absolute Gasteiger partial charge is 0.410 e. The minimum absolute atomic E-state index is 0.274. The maximum Gasteiger partial charge on any atom is 0.410 e. The molecule has 8 heteroatoms. The van der Waals surface area contributed by atoms with Crippen LogP contribution in [0.1, 0.15) is 34.1 Å². The molecule has 0 saturated heterocycles. The van der Waals surface area contributed by atoms with Crippen molar-refractivity contribution in [3.05, 3.63) is 41.0 Å². The van der Waals surface area contributed by atoms with Gasteiger partial charge in [0.2, 0.25) is 0 Å². The first-order valence-electron chi connectivity index (χ1n) is 7.75. The third kappa shape index (κ3) is 2.82. The Bertz CT molecular complexity index is 780. The van der Waals surface area contributed by atoms with Crippen molar-refractivity contribution in [2.75, 3.05) is 18.9 Å². The van der Waals surface area contributed by atoms with Crippen molar-refractivity contribution in [2.45, 2.75) is 26.8 Å². The van der Waals surface area contributed by atoms with Gasteiger partial charge in [0.05, 0.1) is 36.3 Å². The number of aromatic nitrogens is 3. The molecule has 0 radical (unpaired) electrons. The van der Waals surface area contributed by atoms with Gasteiger partial charge >= 0.3 is 6.09 Å². The first-order valence-corrected chi connectivity index (χ1v) is 7.75. The van der Waals surface area contributed by atoms with E-state index in [1.54, 1.807) is 24.9 Å². The second-order valence-corrected chi connectivity index (χ2v) is 5.61. The lowest BCUT2D eigenvalue weighted by atomic mass is 9.97. The first kappa shape index (κ1) is 16.0.